The maximum absolute atomic E-state index is 12.1. The van der Waals surface area contributed by atoms with Gasteiger partial charge in [0.25, 0.3) is 0 Å². The van der Waals surface area contributed by atoms with Crippen molar-refractivity contribution < 1.29 is 6.17 Å². The summed E-state index contributed by atoms with van der Waals surface area (Å²) in [5.74, 6) is 0.478. The van der Waals surface area contributed by atoms with Crippen LogP contribution in [0.1, 0.15) is 13.4 Å². The summed E-state index contributed by atoms with van der Waals surface area (Å²) in [6.07, 6.45) is 0.583. The monoisotopic (exact) mass is 214 g/mol. The molecule has 0 aromatic heterocycles. The van der Waals surface area contributed by atoms with Crippen LogP contribution in [0.4, 0.5) is 0 Å². The Morgan fingerprint density at radius 2 is 2.12 bits per heavy atom. The molecule has 1 aromatic carbocycles. The Morgan fingerprint density at radius 1 is 1.38 bits per heavy atom. The van der Waals surface area contributed by atoms with E-state index in [0.717, 1.165) is 23.3 Å². The van der Waals surface area contributed by atoms with Gasteiger partial charge in [-0.05, 0) is 18.2 Å². The molecular formula is C14H15NO. The van der Waals surface area contributed by atoms with Gasteiger partial charge in [-0.15, -0.1) is 0 Å². The Labute approximate surface area is 97.0 Å². The summed E-state index contributed by atoms with van der Waals surface area (Å²) in [7, 11) is 1.95. The molecule has 1 fully saturated rings. The lowest BCUT2D eigenvalue weighted by atomic mass is 10.0. The van der Waals surface area contributed by atoms with Crippen molar-refractivity contribution in [2.45, 2.75) is 6.42 Å². The molecule has 0 N–H and O–H groups in total. The van der Waals surface area contributed by atoms with Crippen LogP contribution in [0, 0.1) is 5.92 Å². The van der Waals surface area contributed by atoms with Gasteiger partial charge in [-0.25, -0.2) is 0 Å². The molecule has 2 atom stereocenters. The van der Waals surface area contributed by atoms with E-state index >= 15 is 0 Å². The zero-order valence-corrected chi connectivity index (χ0v) is 9.31. The molecule has 0 saturated carbocycles. The number of carbonyl (C=O) groups is 1. The number of likely N-dealkylation sites (N-methyl/N-ethyl adjacent to an activating group) is 1. The van der Waals surface area contributed by atoms with Crippen LogP contribution in [0.3, 0.4) is 0 Å². The first-order valence-electron chi connectivity index (χ1n) is 6.21. The minimum Gasteiger partial charge on any atom is -0.302 e. The number of ketones is 1. The van der Waals surface area contributed by atoms with Gasteiger partial charge in [0, 0.05) is 32.3 Å². The lowest BCUT2D eigenvalue weighted by Gasteiger charge is -2.08. The fourth-order valence-electron chi connectivity index (χ4n) is 2.70. The van der Waals surface area contributed by atoms with Gasteiger partial charge in [0.05, 0.1) is 0 Å². The second-order valence-electron chi connectivity index (χ2n) is 4.59. The van der Waals surface area contributed by atoms with E-state index in [1.54, 1.807) is 0 Å². The van der Waals surface area contributed by atoms with Crippen molar-refractivity contribution in [1.29, 1.82) is 0 Å². The Bertz CT molecular complexity index is 490. The maximum Gasteiger partial charge on any atom is 0.164 e. The van der Waals surface area contributed by atoms with E-state index < -0.39 is 0 Å². The van der Waals surface area contributed by atoms with Gasteiger partial charge in [0.1, 0.15) is 0 Å². The number of carbonyl (C=O) groups excluding carboxylic acids is 1. The summed E-state index contributed by atoms with van der Waals surface area (Å²) in [5.41, 5.74) is 2.81. The number of allylic oxidation sites excluding steroid dienone is 1. The third-order valence-corrected chi connectivity index (χ3v) is 3.37. The van der Waals surface area contributed by atoms with Crippen molar-refractivity contribution in [1.82, 2.24) is 4.90 Å². The van der Waals surface area contributed by atoms with E-state index in [2.05, 4.69) is 0 Å². The Hall–Kier alpha value is -1.41. The average Bonchev–Trinajstić information content (AvgIpc) is 2.77. The smallest absolute Gasteiger partial charge is 0.164 e. The van der Waals surface area contributed by atoms with E-state index in [9.17, 15) is 4.79 Å². The molecule has 2 unspecified atom stereocenters. The molecule has 82 valence electrons. The van der Waals surface area contributed by atoms with Crippen LogP contribution in [0.25, 0.3) is 5.57 Å². The highest BCUT2D eigenvalue weighted by atomic mass is 16.1. The van der Waals surface area contributed by atoms with Crippen LogP contribution < -0.4 is 0 Å². The molecule has 0 amide bonds. The molecular weight excluding hydrogens is 198 g/mol. The predicted molar refractivity (Wildman–Crippen MR) is 64.0 cm³/mol. The Kier molecular flexibility index (Phi) is 1.94. The fraction of sp³-hybridized carbons (Fsp3) is 0.357. The standard InChI is InChI=1S/C14H15NO/c1-15-8-11-7-13(16)14(12(11)9-15)10-5-3-2-4-6-10/h2-6,11H,7-9H2,1H3/i9D. The highest BCUT2D eigenvalue weighted by Gasteiger charge is 2.37. The van der Waals surface area contributed by atoms with Gasteiger partial charge in [0.15, 0.2) is 5.78 Å². The van der Waals surface area contributed by atoms with Crippen LogP contribution in [-0.4, -0.2) is 30.8 Å². The van der Waals surface area contributed by atoms with Crippen molar-refractivity contribution >= 4 is 11.4 Å². The zero-order chi connectivity index (χ0) is 12.0. The summed E-state index contributed by atoms with van der Waals surface area (Å²) in [5, 5.41) is 0. The van der Waals surface area contributed by atoms with Gasteiger partial charge in [-0.2, -0.15) is 0 Å². The first kappa shape index (κ1) is 8.71. The summed E-state index contributed by atoms with van der Waals surface area (Å²) >= 11 is 0. The third kappa shape index (κ3) is 1.41. The Morgan fingerprint density at radius 3 is 2.88 bits per heavy atom. The van der Waals surface area contributed by atoms with Crippen LogP contribution in [-0.2, 0) is 4.79 Å². The van der Waals surface area contributed by atoms with Crippen LogP contribution in [0.15, 0.2) is 35.9 Å². The summed E-state index contributed by atoms with van der Waals surface area (Å²) in [4.78, 5) is 14.1. The van der Waals surface area contributed by atoms with Gasteiger partial charge in [0.2, 0.25) is 0 Å². The number of likely N-dealkylation sites (tertiary alicyclic amines) is 1. The number of hydrogen-bond acceptors (Lipinski definition) is 2. The number of Topliss-reactive ketones (excluding diaryl/α,β-unsaturated/α-hetero) is 1. The van der Waals surface area contributed by atoms with Gasteiger partial charge >= 0.3 is 0 Å². The van der Waals surface area contributed by atoms with Gasteiger partial charge in [-0.3, -0.25) is 4.79 Å². The highest BCUT2D eigenvalue weighted by Crippen LogP contribution is 2.39. The summed E-state index contributed by atoms with van der Waals surface area (Å²) < 4.78 is 8.15. The lowest BCUT2D eigenvalue weighted by Crippen LogP contribution is -2.16. The van der Waals surface area contributed by atoms with Crippen LogP contribution in [0.2, 0.25) is 0 Å². The van der Waals surface area contributed by atoms with E-state index in [1.165, 1.54) is 0 Å². The second kappa shape index (κ2) is 3.56. The van der Waals surface area contributed by atoms with Crippen LogP contribution >= 0.6 is 0 Å². The number of benzene rings is 1. The third-order valence-electron chi connectivity index (χ3n) is 3.37. The average molecular weight is 214 g/mol. The van der Waals surface area contributed by atoms with Gasteiger partial charge < -0.3 is 4.90 Å². The molecule has 1 aromatic rings. The van der Waals surface area contributed by atoms with E-state index in [4.69, 9.17) is 1.37 Å². The molecule has 16 heavy (non-hydrogen) atoms. The highest BCUT2D eigenvalue weighted by molar-refractivity contribution is 6.24. The molecule has 2 heteroatoms. The van der Waals surface area contributed by atoms with E-state index in [0.29, 0.717) is 6.42 Å². The van der Waals surface area contributed by atoms with Crippen molar-refractivity contribution in [3.05, 3.63) is 41.5 Å². The molecule has 2 nitrogen and oxygen atoms in total. The van der Waals surface area contributed by atoms with E-state index in [1.807, 2.05) is 42.3 Å². The molecule has 1 aliphatic carbocycles. The fourth-order valence-corrected chi connectivity index (χ4v) is 2.70. The summed E-state index contributed by atoms with van der Waals surface area (Å²) in [6, 6.07) is 9.77. The van der Waals surface area contributed by atoms with Crippen molar-refractivity contribution in [2.75, 3.05) is 20.1 Å². The minimum atomic E-state index is -0.346. The molecule has 1 heterocycles. The van der Waals surface area contributed by atoms with Crippen molar-refractivity contribution in [2.24, 2.45) is 5.92 Å². The molecule has 1 saturated heterocycles. The Balaban J connectivity index is 2.13. The van der Waals surface area contributed by atoms with Gasteiger partial charge in [-0.1, -0.05) is 30.3 Å². The molecule has 2 aliphatic rings. The topological polar surface area (TPSA) is 20.3 Å². The normalized spacial score (nSPS) is 30.8. The lowest BCUT2D eigenvalue weighted by molar-refractivity contribution is -0.113. The van der Waals surface area contributed by atoms with Crippen molar-refractivity contribution in [3.8, 4) is 0 Å². The number of nitrogens with zero attached hydrogens (tertiary/aromatic N) is 1. The molecule has 3 rings (SSSR count). The quantitative estimate of drug-likeness (QED) is 0.712. The number of hydrogen-bond donors (Lipinski definition) is 0. The largest absolute Gasteiger partial charge is 0.302 e. The number of rotatable bonds is 1. The number of fused-ring (bicyclic) bond motifs is 1. The molecule has 0 bridgehead atoms. The SMILES string of the molecule is [2H]C1C2=C(c3ccccc3)C(=O)CC2CN1C. The zero-order valence-electron chi connectivity index (χ0n) is 10.3. The first-order chi connectivity index (χ1) is 8.18. The van der Waals surface area contributed by atoms with Crippen molar-refractivity contribution in [3.63, 3.8) is 0 Å². The second-order valence-corrected chi connectivity index (χ2v) is 4.59. The predicted octanol–water partition coefficient (Wildman–Crippen LogP) is 1.97. The minimum absolute atomic E-state index is 0.210. The van der Waals surface area contributed by atoms with E-state index in [-0.39, 0.29) is 18.2 Å². The first-order valence-corrected chi connectivity index (χ1v) is 5.63. The molecule has 0 radical (unpaired) electrons. The maximum atomic E-state index is 12.1. The summed E-state index contributed by atoms with van der Waals surface area (Å²) in [6.45, 7) is 0.493. The van der Waals surface area contributed by atoms with Crippen LogP contribution in [0.5, 0.6) is 0 Å². The molecule has 1 aliphatic heterocycles. The molecule has 0 spiro atoms.